The van der Waals surface area contributed by atoms with Crippen LogP contribution in [0.5, 0.6) is 11.6 Å². The zero-order chi connectivity index (χ0) is 23.4. The number of thioether (sulfide) groups is 1. The van der Waals surface area contributed by atoms with E-state index in [0.717, 1.165) is 34.7 Å². The lowest BCUT2D eigenvalue weighted by molar-refractivity contribution is 0.336. The maximum Gasteiger partial charge on any atom is 0.264 e. The molecule has 33 heavy (non-hydrogen) atoms. The predicted molar refractivity (Wildman–Crippen MR) is 136 cm³/mol. The molecule has 0 amide bonds. The van der Waals surface area contributed by atoms with Gasteiger partial charge in [0.1, 0.15) is 11.3 Å². The minimum atomic E-state index is -0.426. The molecule has 0 aliphatic carbocycles. The van der Waals surface area contributed by atoms with Gasteiger partial charge in [-0.1, -0.05) is 43.7 Å². The largest absolute Gasteiger partial charge is 0.494 e. The van der Waals surface area contributed by atoms with Crippen LogP contribution in [0.1, 0.15) is 49.5 Å². The van der Waals surface area contributed by atoms with Gasteiger partial charge in [-0.15, -0.1) is 11.8 Å². The summed E-state index contributed by atoms with van der Waals surface area (Å²) >= 11 is 7.01. The van der Waals surface area contributed by atoms with Gasteiger partial charge in [0.2, 0.25) is 5.88 Å². The lowest BCUT2D eigenvalue weighted by Gasteiger charge is -2.20. The number of hydrogen-bond acceptors (Lipinski definition) is 6. The standard InChI is InChI=1S/C25H27N3O3S2/c1-3-5-14-28-24(30)22(23(29)27-25(28)32)18-15-21(16-10-6-8-12-19(16)31-4-2)33-20-13-9-7-11-17(20)26-18/h6-13,21,30H,3-5,14-15H2,1-2H3,(H,27,29,32)/t21-/m1/s1. The van der Waals surface area contributed by atoms with E-state index >= 15 is 0 Å². The topological polar surface area (TPSA) is 79.6 Å². The molecule has 0 radical (unpaired) electrons. The van der Waals surface area contributed by atoms with Crippen molar-refractivity contribution in [3.8, 4) is 11.6 Å². The van der Waals surface area contributed by atoms with Crippen LogP contribution in [0.4, 0.5) is 5.69 Å². The Morgan fingerprint density at radius 3 is 2.76 bits per heavy atom. The minimum Gasteiger partial charge on any atom is -0.494 e. The van der Waals surface area contributed by atoms with Crippen molar-refractivity contribution in [3.05, 3.63) is 74.8 Å². The number of ether oxygens (including phenoxy) is 1. The van der Waals surface area contributed by atoms with E-state index in [9.17, 15) is 9.90 Å². The number of unbranched alkanes of at least 4 members (excludes halogenated alkanes) is 1. The van der Waals surface area contributed by atoms with Gasteiger partial charge >= 0.3 is 0 Å². The maximum absolute atomic E-state index is 13.0. The Morgan fingerprint density at radius 2 is 1.97 bits per heavy atom. The molecule has 2 heterocycles. The Balaban J connectivity index is 1.88. The highest BCUT2D eigenvalue weighted by Crippen LogP contribution is 2.47. The van der Waals surface area contributed by atoms with Crippen molar-refractivity contribution >= 4 is 35.4 Å². The first-order valence-corrected chi connectivity index (χ1v) is 12.4. The number of aliphatic imine (C=N–C) groups is 1. The summed E-state index contributed by atoms with van der Waals surface area (Å²) < 4.78 is 7.71. The van der Waals surface area contributed by atoms with Crippen molar-refractivity contribution in [2.24, 2.45) is 4.99 Å². The Labute approximate surface area is 202 Å². The van der Waals surface area contributed by atoms with Crippen LogP contribution in [-0.2, 0) is 6.54 Å². The van der Waals surface area contributed by atoms with Crippen LogP contribution in [0.25, 0.3) is 0 Å². The number of H-pyrrole nitrogens is 1. The third kappa shape index (κ3) is 4.91. The first-order chi connectivity index (χ1) is 16.0. The van der Waals surface area contributed by atoms with Crippen LogP contribution in [0.3, 0.4) is 0 Å². The Morgan fingerprint density at radius 1 is 1.21 bits per heavy atom. The highest BCUT2D eigenvalue weighted by molar-refractivity contribution is 7.99. The van der Waals surface area contributed by atoms with Crippen LogP contribution in [0, 0.1) is 4.77 Å². The molecule has 1 atom stereocenters. The summed E-state index contributed by atoms with van der Waals surface area (Å²) in [5, 5.41) is 11.1. The molecule has 3 aromatic rings. The number of benzene rings is 2. The van der Waals surface area contributed by atoms with Gasteiger partial charge in [-0.2, -0.15) is 0 Å². The molecular weight excluding hydrogens is 454 g/mol. The van der Waals surface area contributed by atoms with E-state index < -0.39 is 5.56 Å². The molecule has 2 aromatic carbocycles. The molecule has 4 rings (SSSR count). The van der Waals surface area contributed by atoms with Crippen molar-refractivity contribution in [2.75, 3.05) is 6.61 Å². The van der Waals surface area contributed by atoms with Gasteiger partial charge < -0.3 is 9.84 Å². The lowest BCUT2D eigenvalue weighted by atomic mass is 10.0. The minimum absolute atomic E-state index is 0.0544. The number of aromatic nitrogens is 2. The highest BCUT2D eigenvalue weighted by Gasteiger charge is 2.28. The smallest absolute Gasteiger partial charge is 0.264 e. The van der Waals surface area contributed by atoms with E-state index in [1.165, 1.54) is 0 Å². The summed E-state index contributed by atoms with van der Waals surface area (Å²) in [7, 11) is 0. The van der Waals surface area contributed by atoms with Gasteiger partial charge in [0.05, 0.1) is 18.0 Å². The van der Waals surface area contributed by atoms with Crippen molar-refractivity contribution in [1.29, 1.82) is 0 Å². The first kappa shape index (κ1) is 23.3. The molecule has 0 bridgehead atoms. The van der Waals surface area contributed by atoms with Crippen LogP contribution >= 0.6 is 24.0 Å². The molecule has 0 saturated carbocycles. The quantitative estimate of drug-likeness (QED) is 0.395. The third-order valence-electron chi connectivity index (χ3n) is 5.53. The SMILES string of the molecule is CCCCn1c(O)c(C2=Nc3ccccc3S[C@@H](c3ccccc3OCC)C2)c(=O)[nH]c1=S. The van der Waals surface area contributed by atoms with Crippen LogP contribution in [0.2, 0.25) is 0 Å². The van der Waals surface area contributed by atoms with Gasteiger partial charge in [0.25, 0.3) is 5.56 Å². The Hall–Kier alpha value is -2.84. The second-order valence-corrected chi connectivity index (χ2v) is 9.40. The molecule has 8 heteroatoms. The number of nitrogens with zero attached hydrogens (tertiary/aromatic N) is 2. The Bertz CT molecular complexity index is 1300. The molecule has 0 unspecified atom stereocenters. The highest BCUT2D eigenvalue weighted by atomic mass is 32.2. The molecule has 1 aromatic heterocycles. The number of nitrogens with one attached hydrogen (secondary N) is 1. The summed E-state index contributed by atoms with van der Waals surface area (Å²) in [6.07, 6.45) is 2.23. The average molecular weight is 482 g/mol. The van der Waals surface area contributed by atoms with Crippen molar-refractivity contribution in [2.45, 2.75) is 49.8 Å². The number of para-hydroxylation sites is 2. The number of aromatic hydroxyl groups is 1. The molecule has 0 spiro atoms. The number of hydrogen-bond donors (Lipinski definition) is 2. The molecule has 2 N–H and O–H groups in total. The number of rotatable bonds is 7. The van der Waals surface area contributed by atoms with E-state index in [1.807, 2.05) is 55.5 Å². The molecule has 1 aliphatic rings. The summed E-state index contributed by atoms with van der Waals surface area (Å²) in [5.74, 6) is 0.686. The number of aromatic amines is 1. The van der Waals surface area contributed by atoms with Crippen LogP contribution < -0.4 is 10.3 Å². The van der Waals surface area contributed by atoms with E-state index in [-0.39, 0.29) is 21.5 Å². The zero-order valence-corrected chi connectivity index (χ0v) is 20.3. The summed E-state index contributed by atoms with van der Waals surface area (Å²) in [6, 6.07) is 15.8. The van der Waals surface area contributed by atoms with Gasteiger partial charge in [-0.05, 0) is 43.8 Å². The van der Waals surface area contributed by atoms with Crippen molar-refractivity contribution in [3.63, 3.8) is 0 Å². The van der Waals surface area contributed by atoms with Gasteiger partial charge in [-0.25, -0.2) is 0 Å². The molecule has 6 nitrogen and oxygen atoms in total. The maximum atomic E-state index is 13.0. The lowest BCUT2D eigenvalue weighted by Crippen LogP contribution is -2.24. The van der Waals surface area contributed by atoms with Gasteiger partial charge in [0.15, 0.2) is 4.77 Å². The van der Waals surface area contributed by atoms with Gasteiger partial charge in [0, 0.05) is 28.7 Å². The summed E-state index contributed by atoms with van der Waals surface area (Å²) in [4.78, 5) is 21.6. The van der Waals surface area contributed by atoms with E-state index in [4.69, 9.17) is 21.9 Å². The Kier molecular flexibility index (Phi) is 7.35. The monoisotopic (exact) mass is 481 g/mol. The fourth-order valence-electron chi connectivity index (χ4n) is 3.92. The molecule has 1 aliphatic heterocycles. The molecular formula is C25H27N3O3S2. The van der Waals surface area contributed by atoms with E-state index in [1.54, 1.807) is 16.3 Å². The zero-order valence-electron chi connectivity index (χ0n) is 18.7. The summed E-state index contributed by atoms with van der Waals surface area (Å²) in [6.45, 7) is 5.11. The van der Waals surface area contributed by atoms with Crippen LogP contribution in [0.15, 0.2) is 63.2 Å². The van der Waals surface area contributed by atoms with Crippen LogP contribution in [-0.4, -0.2) is 27.0 Å². The van der Waals surface area contributed by atoms with Gasteiger partial charge in [-0.3, -0.25) is 19.3 Å². The normalized spacial score (nSPS) is 15.5. The average Bonchev–Trinajstić information content (AvgIpc) is 2.99. The second-order valence-electron chi connectivity index (χ2n) is 7.77. The molecule has 0 fully saturated rings. The van der Waals surface area contributed by atoms with E-state index in [0.29, 0.717) is 25.3 Å². The predicted octanol–water partition coefficient (Wildman–Crippen LogP) is 6.17. The summed E-state index contributed by atoms with van der Waals surface area (Å²) in [5.41, 5.74) is 2.09. The molecule has 0 saturated heterocycles. The number of fused-ring (bicyclic) bond motifs is 1. The molecule has 172 valence electrons. The van der Waals surface area contributed by atoms with Crippen molar-refractivity contribution < 1.29 is 9.84 Å². The van der Waals surface area contributed by atoms with E-state index in [2.05, 4.69) is 11.9 Å². The first-order valence-electron chi connectivity index (χ1n) is 11.1. The third-order valence-corrected chi connectivity index (χ3v) is 7.16. The fourth-order valence-corrected chi connectivity index (χ4v) is 5.45. The fraction of sp³-hybridized carbons (Fsp3) is 0.320. The van der Waals surface area contributed by atoms with Crippen molar-refractivity contribution in [1.82, 2.24) is 9.55 Å². The second kappa shape index (κ2) is 10.4.